The van der Waals surface area contributed by atoms with Gasteiger partial charge in [-0.15, -0.1) is 0 Å². The Kier molecular flexibility index (Phi) is 5.07. The normalized spacial score (nSPS) is 10.7. The number of anilines is 1. The number of rotatable bonds is 5. The van der Waals surface area contributed by atoms with Gasteiger partial charge in [0.1, 0.15) is 17.1 Å². The first-order chi connectivity index (χ1) is 14.1. The molecule has 0 radical (unpaired) electrons. The highest BCUT2D eigenvalue weighted by atomic mass is 19.1. The first kappa shape index (κ1) is 18.4. The largest absolute Gasteiger partial charge is 0.484 e. The molecule has 4 aromatic rings. The van der Waals surface area contributed by atoms with Crippen LogP contribution in [-0.2, 0) is 4.79 Å². The predicted molar refractivity (Wildman–Crippen MR) is 108 cm³/mol. The zero-order chi connectivity index (χ0) is 20.2. The Hall–Kier alpha value is -3.93. The third-order valence-electron chi connectivity index (χ3n) is 4.28. The zero-order valence-corrected chi connectivity index (χ0v) is 15.2. The van der Waals surface area contributed by atoms with Gasteiger partial charge >= 0.3 is 5.63 Å². The number of hydrogen-bond acceptors (Lipinski definition) is 4. The van der Waals surface area contributed by atoms with Crippen LogP contribution in [0.2, 0.25) is 0 Å². The minimum Gasteiger partial charge on any atom is -0.484 e. The highest BCUT2D eigenvalue weighted by Crippen LogP contribution is 2.29. The number of carbonyl (C=O) groups excluding carboxylic acids is 1. The molecule has 1 N–H and O–H groups in total. The summed E-state index contributed by atoms with van der Waals surface area (Å²) in [6, 6.07) is 21.6. The molecule has 5 nitrogen and oxygen atoms in total. The minimum atomic E-state index is -0.475. The Morgan fingerprint density at radius 3 is 2.59 bits per heavy atom. The molecule has 4 rings (SSSR count). The molecule has 0 unspecified atom stereocenters. The number of ether oxygens (including phenoxy) is 1. The molecule has 3 aromatic carbocycles. The Morgan fingerprint density at radius 2 is 1.79 bits per heavy atom. The topological polar surface area (TPSA) is 68.5 Å². The van der Waals surface area contributed by atoms with Crippen molar-refractivity contribution in [1.82, 2.24) is 0 Å². The van der Waals surface area contributed by atoms with Gasteiger partial charge in [0.2, 0.25) is 0 Å². The molecule has 0 aliphatic rings. The molecule has 0 spiro atoms. The molecule has 0 aliphatic carbocycles. The summed E-state index contributed by atoms with van der Waals surface area (Å²) in [4.78, 5) is 24.0. The molecule has 29 heavy (non-hydrogen) atoms. The van der Waals surface area contributed by atoms with Gasteiger partial charge in [0.25, 0.3) is 5.91 Å². The average Bonchev–Trinajstić information content (AvgIpc) is 2.72. The van der Waals surface area contributed by atoms with Gasteiger partial charge in [0, 0.05) is 23.2 Å². The molecule has 0 aliphatic heterocycles. The van der Waals surface area contributed by atoms with Gasteiger partial charge in [0.05, 0.1) is 0 Å². The molecular formula is C23H16FNO4. The summed E-state index contributed by atoms with van der Waals surface area (Å²) < 4.78 is 24.0. The second kappa shape index (κ2) is 7.98. The van der Waals surface area contributed by atoms with Gasteiger partial charge in [-0.05, 0) is 41.5 Å². The van der Waals surface area contributed by atoms with Crippen LogP contribution < -0.4 is 15.7 Å². The summed E-state index contributed by atoms with van der Waals surface area (Å²) in [5.41, 5.74) is 1.88. The van der Waals surface area contributed by atoms with Crippen LogP contribution in [0.3, 0.4) is 0 Å². The Morgan fingerprint density at radius 1 is 0.966 bits per heavy atom. The van der Waals surface area contributed by atoms with Crippen LogP contribution in [0.4, 0.5) is 10.1 Å². The molecule has 144 valence electrons. The molecular weight excluding hydrogens is 373 g/mol. The van der Waals surface area contributed by atoms with E-state index in [9.17, 15) is 14.0 Å². The van der Waals surface area contributed by atoms with Crippen LogP contribution in [0.15, 0.2) is 88.1 Å². The van der Waals surface area contributed by atoms with Crippen LogP contribution in [-0.4, -0.2) is 12.5 Å². The van der Waals surface area contributed by atoms with Gasteiger partial charge < -0.3 is 14.5 Å². The molecule has 0 fully saturated rings. The summed E-state index contributed by atoms with van der Waals surface area (Å²) in [5.74, 6) is -0.502. The highest BCUT2D eigenvalue weighted by Gasteiger charge is 2.10. The van der Waals surface area contributed by atoms with Crippen LogP contribution >= 0.6 is 0 Å². The summed E-state index contributed by atoms with van der Waals surface area (Å²) in [7, 11) is 0. The van der Waals surface area contributed by atoms with E-state index in [0.717, 1.165) is 16.5 Å². The number of fused-ring (bicyclic) bond motifs is 1. The maximum atomic E-state index is 13.2. The van der Waals surface area contributed by atoms with Crippen LogP contribution in [0.5, 0.6) is 5.75 Å². The van der Waals surface area contributed by atoms with Crippen LogP contribution in [0.1, 0.15) is 0 Å². The molecule has 0 bridgehead atoms. The van der Waals surface area contributed by atoms with E-state index in [-0.39, 0.29) is 6.61 Å². The van der Waals surface area contributed by atoms with Crippen molar-refractivity contribution in [3.05, 3.63) is 95.1 Å². The maximum absolute atomic E-state index is 13.2. The van der Waals surface area contributed by atoms with Crippen molar-refractivity contribution in [3.8, 4) is 16.9 Å². The van der Waals surface area contributed by atoms with E-state index in [2.05, 4.69) is 5.32 Å². The van der Waals surface area contributed by atoms with Crippen molar-refractivity contribution in [2.24, 2.45) is 0 Å². The van der Waals surface area contributed by atoms with E-state index in [1.54, 1.807) is 24.3 Å². The molecule has 1 amide bonds. The lowest BCUT2D eigenvalue weighted by Crippen LogP contribution is -2.20. The minimum absolute atomic E-state index is 0.273. The Balaban J connectivity index is 1.53. The second-order valence-corrected chi connectivity index (χ2v) is 6.35. The first-order valence-corrected chi connectivity index (χ1v) is 8.90. The van der Waals surface area contributed by atoms with Gasteiger partial charge in [-0.1, -0.05) is 36.4 Å². The monoisotopic (exact) mass is 389 g/mol. The molecule has 1 aromatic heterocycles. The van der Waals surface area contributed by atoms with Crippen molar-refractivity contribution in [3.63, 3.8) is 0 Å². The fraction of sp³-hybridized carbons (Fsp3) is 0.0435. The van der Waals surface area contributed by atoms with Crippen molar-refractivity contribution in [2.75, 3.05) is 11.9 Å². The molecule has 0 saturated carbocycles. The van der Waals surface area contributed by atoms with Crippen molar-refractivity contribution < 1.29 is 18.3 Å². The van der Waals surface area contributed by atoms with Crippen molar-refractivity contribution in [1.29, 1.82) is 0 Å². The third kappa shape index (κ3) is 4.32. The van der Waals surface area contributed by atoms with Crippen LogP contribution in [0.25, 0.3) is 22.1 Å². The van der Waals surface area contributed by atoms with Gasteiger partial charge in [-0.3, -0.25) is 4.79 Å². The summed E-state index contributed by atoms with van der Waals surface area (Å²) in [5, 5.41) is 3.31. The maximum Gasteiger partial charge on any atom is 0.336 e. The van der Waals surface area contributed by atoms with Crippen molar-refractivity contribution >= 4 is 22.6 Å². The molecule has 6 heteroatoms. The van der Waals surface area contributed by atoms with E-state index < -0.39 is 17.3 Å². The van der Waals surface area contributed by atoms with Gasteiger partial charge in [-0.2, -0.15) is 0 Å². The number of nitrogens with one attached hydrogen (secondary N) is 1. The highest BCUT2D eigenvalue weighted by molar-refractivity contribution is 5.94. The SMILES string of the molecule is O=C(COc1ccc2c(-c3ccccc3)cc(=O)oc2c1)Nc1cccc(F)c1. The van der Waals surface area contributed by atoms with Crippen molar-refractivity contribution in [2.45, 2.75) is 0 Å². The summed E-state index contributed by atoms with van der Waals surface area (Å²) in [6.45, 7) is -0.273. The smallest absolute Gasteiger partial charge is 0.336 e. The average molecular weight is 389 g/mol. The van der Waals surface area contributed by atoms with Gasteiger partial charge in [0.15, 0.2) is 6.61 Å². The fourth-order valence-electron chi connectivity index (χ4n) is 3.00. The van der Waals surface area contributed by atoms with Crippen LogP contribution in [0, 0.1) is 5.82 Å². The number of benzene rings is 3. The summed E-state index contributed by atoms with van der Waals surface area (Å²) >= 11 is 0. The lowest BCUT2D eigenvalue weighted by atomic mass is 10.0. The standard InChI is InChI=1S/C23H16FNO4/c24-16-7-4-8-17(11-16)25-22(26)14-28-18-9-10-19-20(15-5-2-1-3-6-15)13-23(27)29-21(19)12-18/h1-13H,14H2,(H,25,26). The Labute approximate surface area is 165 Å². The fourth-order valence-corrected chi connectivity index (χ4v) is 3.00. The number of halogens is 1. The Bertz CT molecular complexity index is 1230. The second-order valence-electron chi connectivity index (χ2n) is 6.35. The van der Waals surface area contributed by atoms with E-state index >= 15 is 0 Å². The van der Waals surface area contributed by atoms with E-state index in [0.29, 0.717) is 17.0 Å². The lowest BCUT2D eigenvalue weighted by Gasteiger charge is -2.10. The zero-order valence-electron chi connectivity index (χ0n) is 15.2. The number of hydrogen-bond donors (Lipinski definition) is 1. The van der Waals surface area contributed by atoms with E-state index in [1.807, 2.05) is 30.3 Å². The molecule has 0 atom stereocenters. The lowest BCUT2D eigenvalue weighted by molar-refractivity contribution is -0.118. The third-order valence-corrected chi connectivity index (χ3v) is 4.28. The quantitative estimate of drug-likeness (QED) is 0.506. The first-order valence-electron chi connectivity index (χ1n) is 8.90. The number of amides is 1. The van der Waals surface area contributed by atoms with Gasteiger partial charge in [-0.25, -0.2) is 9.18 Å². The summed E-state index contributed by atoms with van der Waals surface area (Å²) in [6.07, 6.45) is 0. The van der Waals surface area contributed by atoms with E-state index in [4.69, 9.17) is 9.15 Å². The molecule has 1 heterocycles. The van der Waals surface area contributed by atoms with E-state index in [1.165, 1.54) is 24.3 Å². The predicted octanol–water partition coefficient (Wildman–Crippen LogP) is 4.62. The number of carbonyl (C=O) groups is 1. The molecule has 0 saturated heterocycles.